The van der Waals surface area contributed by atoms with Gasteiger partial charge in [-0.3, -0.25) is 9.59 Å². The first-order chi connectivity index (χ1) is 12.7. The van der Waals surface area contributed by atoms with Crippen molar-refractivity contribution in [2.45, 2.75) is 31.2 Å². The topological polar surface area (TPSA) is 67.4 Å². The second kappa shape index (κ2) is 7.48. The Kier molecular flexibility index (Phi) is 5.28. The summed E-state index contributed by atoms with van der Waals surface area (Å²) in [5.41, 5.74) is 1.77. The fraction of sp³-hybridized carbons (Fsp3) is 0.238. The summed E-state index contributed by atoms with van der Waals surface area (Å²) in [6, 6.07) is 12.8. The molecule has 0 fully saturated rings. The molecule has 6 heteroatoms. The van der Waals surface area contributed by atoms with Gasteiger partial charge in [0, 0.05) is 16.0 Å². The molecule has 3 rings (SSSR count). The standard InChI is InChI=1S/C21H22N2O3S/c1-21(2,3)23-19(24)14-7-10-17-16(12-14)22-20(25)18(27-17)11-13-5-8-15(26-4)9-6-13/h5-12H,1-4H3,(H,22,25)(H,23,24). The highest BCUT2D eigenvalue weighted by atomic mass is 32.2. The highest BCUT2D eigenvalue weighted by molar-refractivity contribution is 8.04. The van der Waals surface area contributed by atoms with E-state index < -0.39 is 0 Å². The number of benzene rings is 2. The van der Waals surface area contributed by atoms with Gasteiger partial charge in [0.2, 0.25) is 0 Å². The van der Waals surface area contributed by atoms with Crippen LogP contribution in [0.3, 0.4) is 0 Å². The van der Waals surface area contributed by atoms with E-state index in [0.717, 1.165) is 16.2 Å². The van der Waals surface area contributed by atoms with Crippen molar-refractivity contribution >= 4 is 35.3 Å². The van der Waals surface area contributed by atoms with Crippen molar-refractivity contribution in [1.29, 1.82) is 0 Å². The molecule has 2 amide bonds. The van der Waals surface area contributed by atoms with Gasteiger partial charge in [0.1, 0.15) is 5.75 Å². The van der Waals surface area contributed by atoms with Gasteiger partial charge in [0.15, 0.2) is 0 Å². The first kappa shape index (κ1) is 19.0. The third-order valence-corrected chi connectivity index (χ3v) is 4.93. The number of thioether (sulfide) groups is 1. The second-order valence-electron chi connectivity index (χ2n) is 7.25. The number of fused-ring (bicyclic) bond motifs is 1. The summed E-state index contributed by atoms with van der Waals surface area (Å²) in [6.45, 7) is 5.78. The molecule has 0 unspecified atom stereocenters. The molecule has 2 aromatic carbocycles. The van der Waals surface area contributed by atoms with Crippen molar-refractivity contribution < 1.29 is 14.3 Å². The van der Waals surface area contributed by atoms with E-state index in [9.17, 15) is 9.59 Å². The molecular weight excluding hydrogens is 360 g/mol. The zero-order chi connectivity index (χ0) is 19.6. The average Bonchev–Trinajstić information content (AvgIpc) is 2.61. The summed E-state index contributed by atoms with van der Waals surface area (Å²) in [4.78, 5) is 26.3. The number of ether oxygens (including phenoxy) is 1. The molecule has 27 heavy (non-hydrogen) atoms. The molecule has 140 valence electrons. The van der Waals surface area contributed by atoms with Crippen molar-refractivity contribution in [3.05, 3.63) is 58.5 Å². The predicted octanol–water partition coefficient (Wildman–Crippen LogP) is 4.31. The van der Waals surface area contributed by atoms with E-state index in [1.165, 1.54) is 11.8 Å². The van der Waals surface area contributed by atoms with Crippen LogP contribution in [0.1, 0.15) is 36.7 Å². The van der Waals surface area contributed by atoms with Crippen molar-refractivity contribution in [3.8, 4) is 5.75 Å². The zero-order valence-corrected chi connectivity index (χ0v) is 16.6. The summed E-state index contributed by atoms with van der Waals surface area (Å²) in [5, 5.41) is 5.80. The minimum absolute atomic E-state index is 0.163. The molecule has 1 aliphatic heterocycles. The maximum Gasteiger partial charge on any atom is 0.262 e. The SMILES string of the molecule is COc1ccc(C=C2Sc3ccc(C(=O)NC(C)(C)C)cc3NC2=O)cc1. The van der Waals surface area contributed by atoms with Gasteiger partial charge in [0.05, 0.1) is 17.7 Å². The number of nitrogens with one attached hydrogen (secondary N) is 2. The Hall–Kier alpha value is -2.73. The molecule has 2 aromatic rings. The average molecular weight is 382 g/mol. The maximum absolute atomic E-state index is 12.5. The molecule has 0 radical (unpaired) electrons. The van der Waals surface area contributed by atoms with Crippen LogP contribution in [-0.4, -0.2) is 24.5 Å². The molecule has 2 N–H and O–H groups in total. The van der Waals surface area contributed by atoms with Crippen LogP contribution >= 0.6 is 11.8 Å². The van der Waals surface area contributed by atoms with Crippen LogP contribution in [-0.2, 0) is 4.79 Å². The van der Waals surface area contributed by atoms with Gasteiger partial charge in [-0.2, -0.15) is 0 Å². The molecule has 1 aliphatic rings. The molecular formula is C21H22N2O3S. The number of methoxy groups -OCH3 is 1. The summed E-state index contributed by atoms with van der Waals surface area (Å²) in [6.07, 6.45) is 1.84. The Morgan fingerprint density at radius 3 is 2.48 bits per heavy atom. The lowest BCUT2D eigenvalue weighted by atomic mass is 10.1. The second-order valence-corrected chi connectivity index (χ2v) is 8.34. The van der Waals surface area contributed by atoms with Crippen LogP contribution < -0.4 is 15.4 Å². The van der Waals surface area contributed by atoms with Crippen LogP contribution in [0.5, 0.6) is 5.75 Å². The number of amides is 2. The molecule has 0 atom stereocenters. The largest absolute Gasteiger partial charge is 0.497 e. The van der Waals surface area contributed by atoms with Gasteiger partial charge in [-0.1, -0.05) is 23.9 Å². The Morgan fingerprint density at radius 2 is 1.85 bits per heavy atom. The van der Waals surface area contributed by atoms with Gasteiger partial charge < -0.3 is 15.4 Å². The number of rotatable bonds is 3. The molecule has 0 aromatic heterocycles. The molecule has 0 aliphatic carbocycles. The molecule has 5 nitrogen and oxygen atoms in total. The molecule has 0 bridgehead atoms. The summed E-state index contributed by atoms with van der Waals surface area (Å²) < 4.78 is 5.15. The normalized spacial score (nSPS) is 15.1. The Labute approximate surface area is 163 Å². The van der Waals surface area contributed by atoms with Gasteiger partial charge in [-0.15, -0.1) is 0 Å². The summed E-state index contributed by atoms with van der Waals surface area (Å²) >= 11 is 1.39. The zero-order valence-electron chi connectivity index (χ0n) is 15.8. The number of carbonyl (C=O) groups excluding carboxylic acids is 2. The van der Waals surface area contributed by atoms with Crippen molar-refractivity contribution in [2.24, 2.45) is 0 Å². The Bertz CT molecular complexity index is 912. The van der Waals surface area contributed by atoms with Crippen LogP contribution in [0.25, 0.3) is 6.08 Å². The van der Waals surface area contributed by atoms with Crippen LogP contribution in [0, 0.1) is 0 Å². The van der Waals surface area contributed by atoms with E-state index in [1.807, 2.05) is 57.2 Å². The molecule has 0 spiro atoms. The molecule has 0 saturated heterocycles. The van der Waals surface area contributed by atoms with Crippen LogP contribution in [0.2, 0.25) is 0 Å². The van der Waals surface area contributed by atoms with Crippen LogP contribution in [0.4, 0.5) is 5.69 Å². The monoisotopic (exact) mass is 382 g/mol. The summed E-state index contributed by atoms with van der Waals surface area (Å²) in [7, 11) is 1.62. The number of hydrogen-bond donors (Lipinski definition) is 2. The van der Waals surface area contributed by atoms with Crippen molar-refractivity contribution in [2.75, 3.05) is 12.4 Å². The summed E-state index contributed by atoms with van der Waals surface area (Å²) in [5.74, 6) is 0.421. The Morgan fingerprint density at radius 1 is 1.15 bits per heavy atom. The van der Waals surface area contributed by atoms with Gasteiger partial charge in [-0.05, 0) is 62.7 Å². The number of anilines is 1. The van der Waals surface area contributed by atoms with Crippen molar-refractivity contribution in [3.63, 3.8) is 0 Å². The third kappa shape index (κ3) is 4.71. The highest BCUT2D eigenvalue weighted by Crippen LogP contribution is 2.39. The van der Waals surface area contributed by atoms with Gasteiger partial charge >= 0.3 is 0 Å². The minimum Gasteiger partial charge on any atom is -0.497 e. The lowest BCUT2D eigenvalue weighted by Crippen LogP contribution is -2.40. The highest BCUT2D eigenvalue weighted by Gasteiger charge is 2.23. The number of carbonyl (C=O) groups is 2. The third-order valence-electron chi connectivity index (χ3n) is 3.84. The van der Waals surface area contributed by atoms with Crippen molar-refractivity contribution in [1.82, 2.24) is 5.32 Å². The lowest BCUT2D eigenvalue weighted by Gasteiger charge is -2.22. The van der Waals surface area contributed by atoms with E-state index in [0.29, 0.717) is 16.2 Å². The minimum atomic E-state index is -0.320. The predicted molar refractivity (Wildman–Crippen MR) is 109 cm³/mol. The van der Waals surface area contributed by atoms with E-state index in [2.05, 4.69) is 10.6 Å². The first-order valence-electron chi connectivity index (χ1n) is 8.57. The van der Waals surface area contributed by atoms with E-state index >= 15 is 0 Å². The van der Waals surface area contributed by atoms with Gasteiger partial charge in [0.25, 0.3) is 11.8 Å². The van der Waals surface area contributed by atoms with Gasteiger partial charge in [-0.25, -0.2) is 0 Å². The smallest absolute Gasteiger partial charge is 0.262 e. The van der Waals surface area contributed by atoms with E-state index in [1.54, 1.807) is 19.2 Å². The fourth-order valence-corrected chi connectivity index (χ4v) is 3.50. The van der Waals surface area contributed by atoms with E-state index in [4.69, 9.17) is 4.74 Å². The lowest BCUT2D eigenvalue weighted by molar-refractivity contribution is -0.112. The van der Waals surface area contributed by atoms with Crippen LogP contribution in [0.15, 0.2) is 52.3 Å². The maximum atomic E-state index is 12.5. The fourth-order valence-electron chi connectivity index (χ4n) is 2.57. The Balaban J connectivity index is 1.82. The number of hydrogen-bond acceptors (Lipinski definition) is 4. The molecule has 1 heterocycles. The quantitative estimate of drug-likeness (QED) is 0.777. The molecule has 0 saturated carbocycles. The van der Waals surface area contributed by atoms with E-state index in [-0.39, 0.29) is 17.4 Å². The first-order valence-corrected chi connectivity index (χ1v) is 9.38.